The molecule has 0 aliphatic heterocycles. The molecule has 0 fully saturated rings. The fourth-order valence-electron chi connectivity index (χ4n) is 1.83. The lowest BCUT2D eigenvalue weighted by molar-refractivity contribution is 0.547. The smallest absolute Gasteiger partial charge is 0.110 e. The Morgan fingerprint density at radius 3 is 3.00 bits per heavy atom. The Bertz CT molecular complexity index is 472. The summed E-state index contributed by atoms with van der Waals surface area (Å²) in [5.74, 6) is 0. The fourth-order valence-corrected chi connectivity index (χ4v) is 2.66. The topological polar surface area (TPSA) is 29.9 Å². The van der Waals surface area contributed by atoms with E-state index < -0.39 is 0 Å². The molecule has 4 heteroatoms. The van der Waals surface area contributed by atoms with Crippen LogP contribution in [-0.2, 0) is 13.1 Å². The number of aryl methyl sites for hydroxylation is 2. The highest BCUT2D eigenvalue weighted by atomic mass is 32.1. The zero-order valence-electron chi connectivity index (χ0n) is 10.6. The van der Waals surface area contributed by atoms with E-state index >= 15 is 0 Å². The van der Waals surface area contributed by atoms with Crippen LogP contribution in [0.25, 0.3) is 0 Å². The molecule has 0 saturated heterocycles. The van der Waals surface area contributed by atoms with E-state index in [0.29, 0.717) is 6.04 Å². The lowest BCUT2D eigenvalue weighted by atomic mass is 10.3. The van der Waals surface area contributed by atoms with E-state index in [2.05, 4.69) is 52.4 Å². The van der Waals surface area contributed by atoms with Crippen LogP contribution in [0.15, 0.2) is 23.7 Å². The van der Waals surface area contributed by atoms with E-state index in [1.54, 1.807) is 11.3 Å². The van der Waals surface area contributed by atoms with E-state index in [1.165, 1.54) is 5.69 Å². The molecule has 1 unspecified atom stereocenters. The minimum Gasteiger partial charge on any atom is -0.351 e. The molecule has 3 nitrogen and oxygen atoms in total. The van der Waals surface area contributed by atoms with Crippen molar-refractivity contribution in [1.29, 1.82) is 0 Å². The second kappa shape index (κ2) is 5.47. The van der Waals surface area contributed by atoms with Crippen LogP contribution >= 0.6 is 11.3 Å². The quantitative estimate of drug-likeness (QED) is 0.882. The molecule has 17 heavy (non-hydrogen) atoms. The maximum absolute atomic E-state index is 4.50. The van der Waals surface area contributed by atoms with Crippen molar-refractivity contribution in [3.63, 3.8) is 0 Å². The number of thiazole rings is 1. The average molecular weight is 249 g/mol. The average Bonchev–Trinajstić information content (AvgIpc) is 2.94. The van der Waals surface area contributed by atoms with Gasteiger partial charge in [0.15, 0.2) is 0 Å². The molecule has 2 rings (SSSR count). The van der Waals surface area contributed by atoms with Crippen LogP contribution in [0.4, 0.5) is 0 Å². The van der Waals surface area contributed by atoms with E-state index in [1.807, 2.05) is 6.92 Å². The van der Waals surface area contributed by atoms with Gasteiger partial charge < -0.3 is 9.88 Å². The molecule has 2 aromatic rings. The SMILES string of the molecule is CCn1cccc1CNC(C)c1nc(C)cs1. The minimum absolute atomic E-state index is 0.314. The van der Waals surface area contributed by atoms with E-state index in [0.717, 1.165) is 23.8 Å². The first kappa shape index (κ1) is 12.3. The van der Waals surface area contributed by atoms with Crippen molar-refractivity contribution in [2.45, 2.75) is 39.9 Å². The Hall–Kier alpha value is -1.13. The summed E-state index contributed by atoms with van der Waals surface area (Å²) in [4.78, 5) is 4.50. The third kappa shape index (κ3) is 2.96. The van der Waals surface area contributed by atoms with Crippen LogP contribution in [-0.4, -0.2) is 9.55 Å². The second-order valence-corrected chi connectivity index (χ2v) is 5.10. The molecule has 1 atom stereocenters. The summed E-state index contributed by atoms with van der Waals surface area (Å²) in [5.41, 5.74) is 2.43. The van der Waals surface area contributed by atoms with Crippen molar-refractivity contribution in [3.05, 3.63) is 40.1 Å². The molecular formula is C13H19N3S. The maximum Gasteiger partial charge on any atom is 0.110 e. The molecule has 1 N–H and O–H groups in total. The largest absolute Gasteiger partial charge is 0.351 e. The van der Waals surface area contributed by atoms with Gasteiger partial charge in [-0.25, -0.2) is 4.98 Å². The highest BCUT2D eigenvalue weighted by molar-refractivity contribution is 7.09. The number of aromatic nitrogens is 2. The molecule has 0 aliphatic carbocycles. The van der Waals surface area contributed by atoms with Crippen LogP contribution in [0.1, 0.15) is 36.3 Å². The molecule has 0 radical (unpaired) electrons. The molecule has 0 bridgehead atoms. The van der Waals surface area contributed by atoms with Gasteiger partial charge in [-0.3, -0.25) is 0 Å². The molecule has 0 aromatic carbocycles. The Morgan fingerprint density at radius 1 is 1.53 bits per heavy atom. The Labute approximate surface area is 107 Å². The Morgan fingerprint density at radius 2 is 2.35 bits per heavy atom. The fraction of sp³-hybridized carbons (Fsp3) is 0.462. The zero-order chi connectivity index (χ0) is 12.3. The van der Waals surface area contributed by atoms with Crippen molar-refractivity contribution in [3.8, 4) is 0 Å². The Balaban J connectivity index is 1.94. The molecule has 0 amide bonds. The predicted molar refractivity (Wildman–Crippen MR) is 72.2 cm³/mol. The summed E-state index contributed by atoms with van der Waals surface area (Å²) in [6.07, 6.45) is 2.12. The monoisotopic (exact) mass is 249 g/mol. The second-order valence-electron chi connectivity index (χ2n) is 4.22. The molecule has 2 aromatic heterocycles. The molecular weight excluding hydrogens is 230 g/mol. The highest BCUT2D eigenvalue weighted by Crippen LogP contribution is 2.17. The normalized spacial score (nSPS) is 12.9. The van der Waals surface area contributed by atoms with Gasteiger partial charge in [0.2, 0.25) is 0 Å². The molecule has 0 aliphatic rings. The van der Waals surface area contributed by atoms with Crippen LogP contribution in [0.5, 0.6) is 0 Å². The molecule has 2 heterocycles. The number of rotatable bonds is 5. The predicted octanol–water partition coefficient (Wildman–Crippen LogP) is 3.12. The first-order valence-electron chi connectivity index (χ1n) is 6.00. The standard InChI is InChI=1S/C13H19N3S/c1-4-16-7-5-6-12(16)8-14-11(3)13-15-10(2)9-17-13/h5-7,9,11,14H,4,8H2,1-3H3. The third-order valence-electron chi connectivity index (χ3n) is 2.86. The first-order valence-corrected chi connectivity index (χ1v) is 6.88. The highest BCUT2D eigenvalue weighted by Gasteiger charge is 2.09. The lowest BCUT2D eigenvalue weighted by Gasteiger charge is -2.12. The van der Waals surface area contributed by atoms with Gasteiger partial charge in [-0.1, -0.05) is 0 Å². The van der Waals surface area contributed by atoms with Gasteiger partial charge in [0.1, 0.15) is 5.01 Å². The maximum atomic E-state index is 4.50. The van der Waals surface area contributed by atoms with Crippen LogP contribution in [0.3, 0.4) is 0 Å². The van der Waals surface area contributed by atoms with E-state index in [9.17, 15) is 0 Å². The van der Waals surface area contributed by atoms with Gasteiger partial charge in [0, 0.05) is 36.1 Å². The van der Waals surface area contributed by atoms with Crippen molar-refractivity contribution in [1.82, 2.24) is 14.9 Å². The lowest BCUT2D eigenvalue weighted by Crippen LogP contribution is -2.19. The van der Waals surface area contributed by atoms with Crippen LogP contribution in [0, 0.1) is 6.92 Å². The number of hydrogen-bond donors (Lipinski definition) is 1. The molecule has 92 valence electrons. The van der Waals surface area contributed by atoms with E-state index in [-0.39, 0.29) is 0 Å². The zero-order valence-corrected chi connectivity index (χ0v) is 11.4. The summed E-state index contributed by atoms with van der Waals surface area (Å²) in [6.45, 7) is 8.28. The third-order valence-corrected chi connectivity index (χ3v) is 4.01. The molecule has 0 spiro atoms. The molecule has 0 saturated carbocycles. The summed E-state index contributed by atoms with van der Waals surface area (Å²) in [5, 5.41) is 6.78. The van der Waals surface area contributed by atoms with Gasteiger partial charge in [0.05, 0.1) is 6.04 Å². The van der Waals surface area contributed by atoms with Gasteiger partial charge in [-0.05, 0) is 32.9 Å². The summed E-state index contributed by atoms with van der Waals surface area (Å²) in [6, 6.07) is 4.57. The Kier molecular flexibility index (Phi) is 3.97. The summed E-state index contributed by atoms with van der Waals surface area (Å²) >= 11 is 1.72. The summed E-state index contributed by atoms with van der Waals surface area (Å²) < 4.78 is 2.26. The van der Waals surface area contributed by atoms with E-state index in [4.69, 9.17) is 0 Å². The van der Waals surface area contributed by atoms with Crippen LogP contribution in [0.2, 0.25) is 0 Å². The van der Waals surface area contributed by atoms with Crippen molar-refractivity contribution >= 4 is 11.3 Å². The van der Waals surface area contributed by atoms with Crippen molar-refractivity contribution < 1.29 is 0 Å². The minimum atomic E-state index is 0.314. The van der Waals surface area contributed by atoms with Gasteiger partial charge in [-0.15, -0.1) is 11.3 Å². The van der Waals surface area contributed by atoms with Crippen molar-refractivity contribution in [2.24, 2.45) is 0 Å². The number of nitrogens with one attached hydrogen (secondary N) is 1. The first-order chi connectivity index (χ1) is 8.20. The van der Waals surface area contributed by atoms with Gasteiger partial charge in [0.25, 0.3) is 0 Å². The summed E-state index contributed by atoms with van der Waals surface area (Å²) in [7, 11) is 0. The number of hydrogen-bond acceptors (Lipinski definition) is 3. The van der Waals surface area contributed by atoms with Gasteiger partial charge in [-0.2, -0.15) is 0 Å². The van der Waals surface area contributed by atoms with Crippen molar-refractivity contribution in [2.75, 3.05) is 0 Å². The number of nitrogens with zero attached hydrogens (tertiary/aromatic N) is 2. The van der Waals surface area contributed by atoms with Gasteiger partial charge >= 0.3 is 0 Å². The van der Waals surface area contributed by atoms with Crippen LogP contribution < -0.4 is 5.32 Å².